The number of phenolic OH excluding ortho intramolecular Hbond substituents is 1. The van der Waals surface area contributed by atoms with Crippen LogP contribution in [-0.4, -0.2) is 17.5 Å². The summed E-state index contributed by atoms with van der Waals surface area (Å²) in [5.41, 5.74) is -7.85. The van der Waals surface area contributed by atoms with Gasteiger partial charge in [0, 0.05) is 5.56 Å². The molecule has 0 amide bonds. The van der Waals surface area contributed by atoms with Crippen LogP contribution in [0.2, 0.25) is 0 Å². The van der Waals surface area contributed by atoms with Crippen LogP contribution in [0.25, 0.3) is 6.08 Å². The van der Waals surface area contributed by atoms with Crippen LogP contribution < -0.4 is 4.74 Å². The highest BCUT2D eigenvalue weighted by molar-refractivity contribution is 5.56. The SMILES string of the molecule is C=Cc1c(C)c(F)c(Oc2ccc(C(c3ccc(O)cc3)(C(F)(F)F)C(F)(F)F)cc2)c(F)c1F. The molecule has 3 aromatic rings. The number of phenols is 1. The number of halogens is 9. The highest BCUT2D eigenvalue weighted by Gasteiger charge is 2.72. The summed E-state index contributed by atoms with van der Waals surface area (Å²) < 4.78 is 132. The number of aromatic hydroxyl groups is 1. The first-order valence-electron chi connectivity index (χ1n) is 9.67. The molecule has 0 unspecified atom stereocenters. The molecule has 0 atom stereocenters. The minimum absolute atomic E-state index is 0.369. The second kappa shape index (κ2) is 8.86. The van der Waals surface area contributed by atoms with Gasteiger partial charge in [-0.3, -0.25) is 0 Å². The van der Waals surface area contributed by atoms with E-state index >= 15 is 0 Å². The Morgan fingerprint density at radius 1 is 0.743 bits per heavy atom. The molecule has 0 heterocycles. The molecule has 0 radical (unpaired) electrons. The van der Waals surface area contributed by atoms with Crippen LogP contribution in [0.1, 0.15) is 22.3 Å². The number of rotatable bonds is 5. The van der Waals surface area contributed by atoms with Gasteiger partial charge >= 0.3 is 12.4 Å². The average Bonchev–Trinajstić information content (AvgIpc) is 2.76. The van der Waals surface area contributed by atoms with Gasteiger partial charge in [-0.1, -0.05) is 36.9 Å². The van der Waals surface area contributed by atoms with Gasteiger partial charge in [0.1, 0.15) is 11.5 Å². The largest absolute Gasteiger partial charge is 0.508 e. The number of hydrogen-bond acceptors (Lipinski definition) is 2. The molecular weight excluding hydrogens is 491 g/mol. The zero-order valence-electron chi connectivity index (χ0n) is 17.7. The van der Waals surface area contributed by atoms with Crippen molar-refractivity contribution in [2.75, 3.05) is 0 Å². The molecule has 35 heavy (non-hydrogen) atoms. The van der Waals surface area contributed by atoms with Crippen molar-refractivity contribution < 1.29 is 49.4 Å². The lowest BCUT2D eigenvalue weighted by atomic mass is 9.73. The normalized spacial score (nSPS) is 12.5. The Hall–Kier alpha value is -3.63. The van der Waals surface area contributed by atoms with Crippen molar-refractivity contribution in [3.63, 3.8) is 0 Å². The summed E-state index contributed by atoms with van der Waals surface area (Å²) in [6.45, 7) is 4.34. The van der Waals surface area contributed by atoms with E-state index in [0.29, 0.717) is 48.5 Å². The van der Waals surface area contributed by atoms with E-state index in [1.54, 1.807) is 0 Å². The average molecular weight is 506 g/mol. The minimum atomic E-state index is -5.89. The predicted octanol–water partition coefficient (Wildman–Crippen LogP) is 7.96. The van der Waals surface area contributed by atoms with Gasteiger partial charge in [0.25, 0.3) is 0 Å². The van der Waals surface area contributed by atoms with Crippen LogP contribution in [0, 0.1) is 24.4 Å². The molecule has 0 spiro atoms. The maximum absolute atomic E-state index is 14.5. The van der Waals surface area contributed by atoms with Crippen molar-refractivity contribution in [2.45, 2.75) is 24.7 Å². The quantitative estimate of drug-likeness (QED) is 0.281. The maximum atomic E-state index is 14.5. The van der Waals surface area contributed by atoms with Crippen LogP contribution >= 0.6 is 0 Å². The molecule has 2 nitrogen and oxygen atoms in total. The monoisotopic (exact) mass is 506 g/mol. The first-order valence-corrected chi connectivity index (χ1v) is 9.67. The summed E-state index contributed by atoms with van der Waals surface area (Å²) in [4.78, 5) is 0. The Labute approximate surface area is 192 Å². The number of hydrogen-bond donors (Lipinski definition) is 1. The van der Waals surface area contributed by atoms with E-state index < -0.39 is 69.2 Å². The van der Waals surface area contributed by atoms with E-state index in [9.17, 15) is 44.6 Å². The third-order valence-electron chi connectivity index (χ3n) is 5.42. The van der Waals surface area contributed by atoms with Gasteiger partial charge in [-0.05, 0) is 47.9 Å². The summed E-state index contributed by atoms with van der Waals surface area (Å²) in [6.07, 6.45) is -10.9. The lowest BCUT2D eigenvalue weighted by Crippen LogP contribution is -2.54. The van der Waals surface area contributed by atoms with Crippen LogP contribution in [0.5, 0.6) is 17.2 Å². The molecule has 0 saturated heterocycles. The molecule has 186 valence electrons. The maximum Gasteiger partial charge on any atom is 0.411 e. The van der Waals surface area contributed by atoms with Crippen LogP contribution in [0.4, 0.5) is 39.5 Å². The summed E-state index contributed by atoms with van der Waals surface area (Å²) in [6, 6.07) is 4.45. The third kappa shape index (κ3) is 4.19. The van der Waals surface area contributed by atoms with Gasteiger partial charge in [-0.2, -0.15) is 30.7 Å². The molecule has 0 fully saturated rings. The molecule has 1 N–H and O–H groups in total. The summed E-state index contributed by atoms with van der Waals surface area (Å²) in [5.74, 6) is -6.91. The summed E-state index contributed by atoms with van der Waals surface area (Å²) in [7, 11) is 0. The molecule has 3 aromatic carbocycles. The second-order valence-electron chi connectivity index (χ2n) is 7.43. The van der Waals surface area contributed by atoms with Crippen molar-refractivity contribution in [1.29, 1.82) is 0 Å². The second-order valence-corrected chi connectivity index (χ2v) is 7.43. The van der Waals surface area contributed by atoms with Crippen molar-refractivity contribution in [3.05, 3.63) is 94.8 Å². The Morgan fingerprint density at radius 3 is 1.63 bits per heavy atom. The topological polar surface area (TPSA) is 29.5 Å². The molecule has 0 bridgehead atoms. The molecule has 0 aliphatic rings. The van der Waals surface area contributed by atoms with E-state index in [0.717, 1.165) is 13.0 Å². The van der Waals surface area contributed by atoms with Gasteiger partial charge in [0.2, 0.25) is 17.0 Å². The van der Waals surface area contributed by atoms with Crippen LogP contribution in [-0.2, 0) is 5.41 Å². The molecule has 0 saturated carbocycles. The van der Waals surface area contributed by atoms with Crippen molar-refractivity contribution in [2.24, 2.45) is 0 Å². The smallest absolute Gasteiger partial charge is 0.411 e. The fourth-order valence-electron chi connectivity index (χ4n) is 3.68. The van der Waals surface area contributed by atoms with Crippen molar-refractivity contribution >= 4 is 6.08 Å². The fourth-order valence-corrected chi connectivity index (χ4v) is 3.68. The molecular formula is C24H15F9O2. The summed E-state index contributed by atoms with van der Waals surface area (Å²) >= 11 is 0. The van der Waals surface area contributed by atoms with Gasteiger partial charge in [0.15, 0.2) is 11.6 Å². The van der Waals surface area contributed by atoms with Gasteiger partial charge in [0.05, 0.1) is 0 Å². The molecule has 3 rings (SSSR count). The zero-order chi connectivity index (χ0) is 26.3. The molecule has 11 heteroatoms. The van der Waals surface area contributed by atoms with Gasteiger partial charge in [-0.25, -0.2) is 8.78 Å². The van der Waals surface area contributed by atoms with Gasteiger partial charge in [-0.15, -0.1) is 0 Å². The Kier molecular flexibility index (Phi) is 6.58. The van der Waals surface area contributed by atoms with Gasteiger partial charge < -0.3 is 9.84 Å². The third-order valence-corrected chi connectivity index (χ3v) is 5.42. The lowest BCUT2D eigenvalue weighted by Gasteiger charge is -2.38. The Morgan fingerprint density at radius 2 is 1.20 bits per heavy atom. The summed E-state index contributed by atoms with van der Waals surface area (Å²) in [5, 5.41) is 9.32. The highest BCUT2D eigenvalue weighted by Crippen LogP contribution is 2.56. The Balaban J connectivity index is 2.15. The van der Waals surface area contributed by atoms with Crippen molar-refractivity contribution in [1.82, 2.24) is 0 Å². The predicted molar refractivity (Wildman–Crippen MR) is 109 cm³/mol. The van der Waals surface area contributed by atoms with Crippen molar-refractivity contribution in [3.8, 4) is 17.2 Å². The zero-order valence-corrected chi connectivity index (χ0v) is 17.7. The first-order chi connectivity index (χ1) is 16.2. The number of benzene rings is 3. The highest BCUT2D eigenvalue weighted by atomic mass is 19.4. The van der Waals surface area contributed by atoms with E-state index in [1.807, 2.05) is 0 Å². The van der Waals surface area contributed by atoms with E-state index in [-0.39, 0.29) is 5.56 Å². The molecule has 0 aliphatic carbocycles. The van der Waals surface area contributed by atoms with Crippen LogP contribution in [0.15, 0.2) is 55.1 Å². The first kappa shape index (κ1) is 26.0. The van der Waals surface area contributed by atoms with E-state index in [2.05, 4.69) is 6.58 Å². The minimum Gasteiger partial charge on any atom is -0.508 e. The standard InChI is InChI=1S/C24H15F9O2/c1-3-17-12(2)18(25)21(20(27)19(17)26)35-16-10-6-14(7-11-16)22(23(28,29)30,24(31,32)33)13-4-8-15(34)9-5-13/h3-11,34H,1H2,2H3. The van der Waals surface area contributed by atoms with Crippen LogP contribution in [0.3, 0.4) is 0 Å². The van der Waals surface area contributed by atoms with E-state index in [4.69, 9.17) is 4.74 Å². The molecule has 0 aliphatic heterocycles. The number of alkyl halides is 6. The number of ether oxygens (including phenoxy) is 1. The lowest BCUT2D eigenvalue weighted by molar-refractivity contribution is -0.288. The molecule has 0 aromatic heterocycles. The fraction of sp³-hybridized carbons (Fsp3) is 0.167. The van der Waals surface area contributed by atoms with E-state index in [1.165, 1.54) is 0 Å². The Bertz CT molecular complexity index is 1200.